The normalized spacial score (nSPS) is 13.6. The molecule has 6 heteroatoms. The predicted molar refractivity (Wildman–Crippen MR) is 118 cm³/mol. The molecule has 0 aliphatic heterocycles. The first kappa shape index (κ1) is 18.7. The molecule has 5 nitrogen and oxygen atoms in total. The van der Waals surface area contributed by atoms with E-state index < -0.39 is 7.12 Å². The molecule has 30 heavy (non-hydrogen) atoms. The van der Waals surface area contributed by atoms with Crippen LogP contribution < -0.4 is 5.72 Å². The number of fused-ring (bicyclic) bond motifs is 3. The number of benzene rings is 3. The molecule has 1 aromatic heterocycles. The number of aromatic nitrogens is 3. The van der Waals surface area contributed by atoms with Crippen molar-refractivity contribution in [2.75, 3.05) is 0 Å². The van der Waals surface area contributed by atoms with Crippen molar-refractivity contribution in [2.45, 2.75) is 19.3 Å². The quantitative estimate of drug-likeness (QED) is 0.523. The molecule has 1 heterocycles. The highest BCUT2D eigenvalue weighted by molar-refractivity contribution is 6.56. The lowest BCUT2D eigenvalue weighted by Gasteiger charge is -2.24. The van der Waals surface area contributed by atoms with Crippen LogP contribution in [0.5, 0.6) is 0 Å². The summed E-state index contributed by atoms with van der Waals surface area (Å²) in [5.74, 6) is 0.847. The van der Waals surface area contributed by atoms with E-state index in [9.17, 15) is 10.0 Å². The van der Waals surface area contributed by atoms with Crippen molar-refractivity contribution >= 4 is 12.8 Å². The lowest BCUT2D eigenvalue weighted by molar-refractivity contribution is 0.422. The molecule has 0 atom stereocenters. The second-order valence-corrected chi connectivity index (χ2v) is 7.98. The number of hydrogen-bond acceptors (Lipinski definition) is 5. The third-order valence-corrected chi connectivity index (χ3v) is 5.74. The van der Waals surface area contributed by atoms with E-state index in [-0.39, 0.29) is 11.1 Å². The second kappa shape index (κ2) is 6.87. The molecule has 0 unspecified atom stereocenters. The fourth-order valence-corrected chi connectivity index (χ4v) is 4.38. The Morgan fingerprint density at radius 3 is 2.07 bits per heavy atom. The van der Waals surface area contributed by atoms with Gasteiger partial charge in [-0.05, 0) is 22.3 Å². The molecule has 3 aromatic carbocycles. The summed E-state index contributed by atoms with van der Waals surface area (Å²) in [6.07, 6.45) is 0. The molecule has 0 spiro atoms. The first-order chi connectivity index (χ1) is 14.5. The zero-order valence-corrected chi connectivity index (χ0v) is 16.7. The van der Waals surface area contributed by atoms with Crippen molar-refractivity contribution in [3.8, 4) is 33.9 Å². The Kier molecular flexibility index (Phi) is 4.27. The molecule has 1 aliphatic rings. The number of nitrogens with zero attached hydrogens (tertiary/aromatic N) is 3. The summed E-state index contributed by atoms with van der Waals surface area (Å²) >= 11 is 0. The first-order valence-electron chi connectivity index (χ1n) is 9.88. The molecule has 0 amide bonds. The standard InChI is InChI=1S/C24H20BN3O2/c1-24(2)19-14-7-6-11-16(19)17-12-8-13-18(20(17)24)22-26-21(15-9-4-3-5-10-15)27-23(28-22)25(29)30/h3-14,29-30H,1-2H3. The van der Waals surface area contributed by atoms with Crippen LogP contribution in [0.4, 0.5) is 0 Å². The van der Waals surface area contributed by atoms with Crippen molar-refractivity contribution in [3.05, 3.63) is 83.9 Å². The van der Waals surface area contributed by atoms with Crippen LogP contribution in [0.2, 0.25) is 0 Å². The Balaban J connectivity index is 1.77. The van der Waals surface area contributed by atoms with Gasteiger partial charge in [-0.1, -0.05) is 86.6 Å². The third kappa shape index (κ3) is 2.84. The Bertz CT molecular complexity index is 1260. The van der Waals surface area contributed by atoms with E-state index in [1.54, 1.807) is 0 Å². The molecule has 0 saturated heterocycles. The SMILES string of the molecule is CC1(C)c2ccccc2-c2cccc(-c3nc(B(O)O)nc(-c4ccccc4)n3)c21. The van der Waals surface area contributed by atoms with Crippen molar-refractivity contribution in [2.24, 2.45) is 0 Å². The van der Waals surface area contributed by atoms with Gasteiger partial charge < -0.3 is 10.0 Å². The Labute approximate surface area is 175 Å². The Morgan fingerprint density at radius 1 is 0.667 bits per heavy atom. The smallest absolute Gasteiger partial charge is 0.421 e. The average molecular weight is 393 g/mol. The van der Waals surface area contributed by atoms with Crippen LogP contribution in [0.1, 0.15) is 25.0 Å². The van der Waals surface area contributed by atoms with Crippen LogP contribution in [0.25, 0.3) is 33.9 Å². The van der Waals surface area contributed by atoms with Gasteiger partial charge in [0.05, 0.1) is 0 Å². The van der Waals surface area contributed by atoms with E-state index in [2.05, 4.69) is 48.1 Å². The molecular formula is C24H20BN3O2. The maximum absolute atomic E-state index is 9.81. The Morgan fingerprint density at radius 2 is 1.30 bits per heavy atom. The summed E-state index contributed by atoms with van der Waals surface area (Å²) in [5.41, 5.74) is 6.11. The summed E-state index contributed by atoms with van der Waals surface area (Å²) in [6.45, 7) is 4.39. The second-order valence-electron chi connectivity index (χ2n) is 7.98. The molecule has 0 fully saturated rings. The summed E-state index contributed by atoms with van der Waals surface area (Å²) in [7, 11) is -1.78. The van der Waals surface area contributed by atoms with Gasteiger partial charge >= 0.3 is 7.12 Å². The highest BCUT2D eigenvalue weighted by atomic mass is 16.4. The maximum Gasteiger partial charge on any atom is 0.528 e. The molecule has 0 saturated carbocycles. The number of rotatable bonds is 3. The van der Waals surface area contributed by atoms with E-state index >= 15 is 0 Å². The average Bonchev–Trinajstić information content (AvgIpc) is 3.02. The van der Waals surface area contributed by atoms with Gasteiger partial charge in [-0.15, -0.1) is 0 Å². The lowest BCUT2D eigenvalue weighted by atomic mass is 9.80. The van der Waals surface area contributed by atoms with Crippen LogP contribution in [-0.4, -0.2) is 32.1 Å². The van der Waals surface area contributed by atoms with Crippen molar-refractivity contribution in [1.29, 1.82) is 0 Å². The van der Waals surface area contributed by atoms with E-state index in [0.29, 0.717) is 11.6 Å². The fourth-order valence-electron chi connectivity index (χ4n) is 4.38. The van der Waals surface area contributed by atoms with Gasteiger partial charge in [0.15, 0.2) is 17.4 Å². The summed E-state index contributed by atoms with van der Waals surface area (Å²) in [6, 6.07) is 24.0. The molecular weight excluding hydrogens is 373 g/mol. The van der Waals surface area contributed by atoms with Crippen molar-refractivity contribution < 1.29 is 10.0 Å². The highest BCUT2D eigenvalue weighted by Gasteiger charge is 2.38. The third-order valence-electron chi connectivity index (χ3n) is 5.74. The number of hydrogen-bond donors (Lipinski definition) is 2. The van der Waals surface area contributed by atoms with Gasteiger partial charge in [0.25, 0.3) is 0 Å². The lowest BCUT2D eigenvalue weighted by Crippen LogP contribution is -2.36. The van der Waals surface area contributed by atoms with Crippen LogP contribution in [0, 0.1) is 0 Å². The molecule has 1 aliphatic carbocycles. The topological polar surface area (TPSA) is 79.1 Å². The van der Waals surface area contributed by atoms with Gasteiger partial charge in [-0.25, -0.2) is 15.0 Å². The minimum atomic E-state index is -1.78. The summed E-state index contributed by atoms with van der Waals surface area (Å²) in [4.78, 5) is 13.4. The van der Waals surface area contributed by atoms with Gasteiger partial charge in [-0.2, -0.15) is 0 Å². The molecule has 2 N–H and O–H groups in total. The molecule has 4 aromatic rings. The van der Waals surface area contributed by atoms with E-state index in [4.69, 9.17) is 4.98 Å². The first-order valence-corrected chi connectivity index (χ1v) is 9.88. The fraction of sp³-hybridized carbons (Fsp3) is 0.125. The molecule has 5 rings (SSSR count). The summed E-state index contributed by atoms with van der Waals surface area (Å²) in [5, 5.41) is 19.6. The highest BCUT2D eigenvalue weighted by Crippen LogP contribution is 2.51. The van der Waals surface area contributed by atoms with Crippen molar-refractivity contribution in [1.82, 2.24) is 15.0 Å². The zero-order chi connectivity index (χ0) is 20.9. The predicted octanol–water partition coefficient (Wildman–Crippen LogP) is 3.19. The van der Waals surface area contributed by atoms with Gasteiger partial charge in [0.2, 0.25) is 0 Å². The molecule has 0 radical (unpaired) electrons. The molecule has 0 bridgehead atoms. The van der Waals surface area contributed by atoms with Gasteiger partial charge in [-0.3, -0.25) is 0 Å². The minimum Gasteiger partial charge on any atom is -0.421 e. The monoisotopic (exact) mass is 393 g/mol. The van der Waals surface area contributed by atoms with Crippen LogP contribution >= 0.6 is 0 Å². The minimum absolute atomic E-state index is 0.0650. The Hall–Kier alpha value is -3.35. The van der Waals surface area contributed by atoms with Gasteiger partial charge in [0.1, 0.15) is 0 Å². The van der Waals surface area contributed by atoms with Crippen LogP contribution in [0.15, 0.2) is 72.8 Å². The maximum atomic E-state index is 9.81. The zero-order valence-electron chi connectivity index (χ0n) is 16.7. The molecule has 146 valence electrons. The summed E-state index contributed by atoms with van der Waals surface area (Å²) < 4.78 is 0. The van der Waals surface area contributed by atoms with E-state index in [0.717, 1.165) is 22.3 Å². The van der Waals surface area contributed by atoms with E-state index in [1.165, 1.54) is 11.1 Å². The van der Waals surface area contributed by atoms with Crippen molar-refractivity contribution in [3.63, 3.8) is 0 Å². The van der Waals surface area contributed by atoms with E-state index in [1.807, 2.05) is 48.5 Å². The van der Waals surface area contributed by atoms with Crippen LogP contribution in [0.3, 0.4) is 0 Å². The van der Waals surface area contributed by atoms with Crippen LogP contribution in [-0.2, 0) is 5.41 Å². The largest absolute Gasteiger partial charge is 0.528 e. The van der Waals surface area contributed by atoms with Gasteiger partial charge in [0, 0.05) is 16.5 Å².